The third-order valence-electron chi connectivity index (χ3n) is 9.34. The molecule has 0 saturated carbocycles. The molecule has 0 bridgehead atoms. The van der Waals surface area contributed by atoms with Gasteiger partial charge in [0.05, 0.1) is 22.2 Å². The first-order valence-electron chi connectivity index (χ1n) is 15.4. The third-order valence-corrected chi connectivity index (χ3v) is 9.34. The van der Waals surface area contributed by atoms with Crippen LogP contribution in [0.5, 0.6) is 0 Å². The minimum atomic E-state index is 0.727. The van der Waals surface area contributed by atoms with Crippen molar-refractivity contribution in [2.75, 3.05) is 0 Å². The van der Waals surface area contributed by atoms with E-state index in [1.165, 1.54) is 54.8 Å². The Balaban J connectivity index is 1.20. The zero-order chi connectivity index (χ0) is 29.5. The fraction of sp³-hybridized carbons (Fsp3) is 0. The molecule has 2 heterocycles. The molecule has 208 valence electrons. The molecule has 1 aliphatic carbocycles. The normalized spacial score (nSPS) is 12.0. The lowest BCUT2D eigenvalue weighted by Crippen LogP contribution is -1.97. The molecule has 10 rings (SSSR count). The monoisotopic (exact) mass is 571 g/mol. The first-order chi connectivity index (χ1) is 22.3. The molecule has 0 spiro atoms. The number of hydrogen-bond acceptors (Lipinski definition) is 2. The van der Waals surface area contributed by atoms with E-state index in [0.29, 0.717) is 0 Å². The topological polar surface area (TPSA) is 30.7 Å². The molecule has 0 saturated heterocycles. The molecule has 0 aliphatic heterocycles. The Morgan fingerprint density at radius 2 is 1.07 bits per heavy atom. The minimum Gasteiger partial charge on any atom is -0.309 e. The van der Waals surface area contributed by atoms with Gasteiger partial charge in [-0.25, -0.2) is 9.97 Å². The molecule has 0 N–H and O–H groups in total. The van der Waals surface area contributed by atoms with Crippen molar-refractivity contribution >= 4 is 43.5 Å². The Hall–Kier alpha value is -6.06. The maximum absolute atomic E-state index is 5.10. The fourth-order valence-electron chi connectivity index (χ4n) is 7.39. The third kappa shape index (κ3) is 3.46. The predicted molar refractivity (Wildman–Crippen MR) is 187 cm³/mol. The number of benzene rings is 7. The van der Waals surface area contributed by atoms with Crippen LogP contribution in [0.3, 0.4) is 0 Å². The Labute approximate surface area is 259 Å². The van der Waals surface area contributed by atoms with Gasteiger partial charge in [0.15, 0.2) is 5.82 Å². The molecule has 1 aliphatic rings. The summed E-state index contributed by atoms with van der Waals surface area (Å²) < 4.78 is 2.42. The van der Waals surface area contributed by atoms with Crippen LogP contribution in [0.4, 0.5) is 0 Å². The van der Waals surface area contributed by atoms with Gasteiger partial charge < -0.3 is 4.57 Å². The zero-order valence-corrected chi connectivity index (χ0v) is 24.3. The summed E-state index contributed by atoms with van der Waals surface area (Å²) in [6.45, 7) is 0. The second kappa shape index (κ2) is 9.22. The van der Waals surface area contributed by atoms with Crippen molar-refractivity contribution in [3.63, 3.8) is 0 Å². The van der Waals surface area contributed by atoms with Crippen LogP contribution in [0.1, 0.15) is 0 Å². The number of para-hydroxylation sites is 1. The van der Waals surface area contributed by atoms with E-state index in [9.17, 15) is 0 Å². The highest BCUT2D eigenvalue weighted by molar-refractivity contribution is 6.30. The lowest BCUT2D eigenvalue weighted by atomic mass is 9.93. The molecule has 3 heteroatoms. The van der Waals surface area contributed by atoms with Crippen molar-refractivity contribution < 1.29 is 0 Å². The molecule has 0 amide bonds. The Morgan fingerprint density at radius 1 is 0.400 bits per heavy atom. The van der Waals surface area contributed by atoms with E-state index in [1.54, 1.807) is 0 Å². The molecule has 2 aromatic heterocycles. The van der Waals surface area contributed by atoms with Crippen molar-refractivity contribution in [2.45, 2.75) is 0 Å². The average molecular weight is 572 g/mol. The summed E-state index contributed by atoms with van der Waals surface area (Å²) in [6, 6.07) is 54.2. The molecule has 0 unspecified atom stereocenters. The molecule has 9 aromatic rings. The van der Waals surface area contributed by atoms with Crippen LogP contribution in [-0.2, 0) is 0 Å². The number of aromatic nitrogens is 3. The van der Waals surface area contributed by atoms with E-state index in [2.05, 4.69) is 138 Å². The quantitative estimate of drug-likeness (QED) is 0.211. The lowest BCUT2D eigenvalue weighted by molar-refractivity contribution is 1.17. The summed E-state index contributed by atoms with van der Waals surface area (Å²) in [4.78, 5) is 10.1. The Bertz CT molecular complexity index is 2630. The van der Waals surface area contributed by atoms with Crippen LogP contribution < -0.4 is 0 Å². The van der Waals surface area contributed by atoms with Crippen LogP contribution in [0, 0.1) is 0 Å². The second-order valence-electron chi connectivity index (χ2n) is 11.8. The van der Waals surface area contributed by atoms with E-state index in [-0.39, 0.29) is 0 Å². The highest BCUT2D eigenvalue weighted by Crippen LogP contribution is 2.49. The zero-order valence-electron chi connectivity index (χ0n) is 24.3. The predicted octanol–water partition coefficient (Wildman–Crippen LogP) is 10.9. The van der Waals surface area contributed by atoms with Crippen LogP contribution in [0.2, 0.25) is 0 Å². The summed E-state index contributed by atoms with van der Waals surface area (Å²) in [6.07, 6.45) is 0. The standard InChI is InChI=1S/C42H25N3/c1-2-10-27(11-3-1)41-34-15-6-7-18-35(34)43-42(44-41)28-20-23-29(24-21-28)45-36-19-9-17-33-31-14-5-4-13-30(31)32-16-8-12-26-22-25-37(45)40(38(26)32)39(33)36/h1-25H. The molecule has 7 aromatic carbocycles. The maximum Gasteiger partial charge on any atom is 0.160 e. The molecule has 45 heavy (non-hydrogen) atoms. The SMILES string of the molecule is c1ccc(-c2nc(-c3ccc(-n4c5cccc6c5c5c7c(cccc7ccc54)-c4ccccc4-6)cc3)nc3ccccc23)cc1. The molecular formula is C42H25N3. The summed E-state index contributed by atoms with van der Waals surface area (Å²) >= 11 is 0. The number of hydrogen-bond donors (Lipinski definition) is 0. The number of fused-ring (bicyclic) bond motifs is 4. The van der Waals surface area contributed by atoms with Gasteiger partial charge in [-0.3, -0.25) is 0 Å². The van der Waals surface area contributed by atoms with Gasteiger partial charge in [-0.2, -0.15) is 0 Å². The fourth-order valence-corrected chi connectivity index (χ4v) is 7.39. The van der Waals surface area contributed by atoms with Crippen LogP contribution in [-0.4, -0.2) is 14.5 Å². The van der Waals surface area contributed by atoms with Crippen LogP contribution in [0.25, 0.3) is 94.1 Å². The van der Waals surface area contributed by atoms with Gasteiger partial charge >= 0.3 is 0 Å². The molecule has 0 radical (unpaired) electrons. The van der Waals surface area contributed by atoms with E-state index >= 15 is 0 Å². The summed E-state index contributed by atoms with van der Waals surface area (Å²) in [5.41, 5.74) is 12.7. The first-order valence-corrected chi connectivity index (χ1v) is 15.4. The van der Waals surface area contributed by atoms with Gasteiger partial charge in [0.1, 0.15) is 0 Å². The first kappa shape index (κ1) is 24.4. The van der Waals surface area contributed by atoms with Crippen molar-refractivity contribution in [3.8, 4) is 50.6 Å². The van der Waals surface area contributed by atoms with Crippen molar-refractivity contribution in [2.24, 2.45) is 0 Å². The lowest BCUT2D eigenvalue weighted by Gasteiger charge is -2.14. The maximum atomic E-state index is 5.10. The number of nitrogens with zero attached hydrogens (tertiary/aromatic N) is 3. The van der Waals surface area contributed by atoms with Crippen molar-refractivity contribution in [1.82, 2.24) is 14.5 Å². The molecule has 3 nitrogen and oxygen atoms in total. The van der Waals surface area contributed by atoms with E-state index < -0.39 is 0 Å². The molecular weight excluding hydrogens is 546 g/mol. The van der Waals surface area contributed by atoms with E-state index in [4.69, 9.17) is 9.97 Å². The van der Waals surface area contributed by atoms with E-state index in [0.717, 1.165) is 39.2 Å². The highest BCUT2D eigenvalue weighted by atomic mass is 15.0. The van der Waals surface area contributed by atoms with Gasteiger partial charge in [-0.1, -0.05) is 109 Å². The average Bonchev–Trinajstić information content (AvgIpc) is 3.39. The van der Waals surface area contributed by atoms with Gasteiger partial charge in [0.25, 0.3) is 0 Å². The van der Waals surface area contributed by atoms with Gasteiger partial charge in [0, 0.05) is 33.0 Å². The smallest absolute Gasteiger partial charge is 0.160 e. The Morgan fingerprint density at radius 3 is 1.89 bits per heavy atom. The number of rotatable bonds is 3. The molecule has 0 atom stereocenters. The summed E-state index contributed by atoms with van der Waals surface area (Å²) in [7, 11) is 0. The Kier molecular flexibility index (Phi) is 5.00. The van der Waals surface area contributed by atoms with Gasteiger partial charge in [-0.05, 0) is 75.5 Å². The van der Waals surface area contributed by atoms with Gasteiger partial charge in [-0.15, -0.1) is 0 Å². The minimum absolute atomic E-state index is 0.727. The summed E-state index contributed by atoms with van der Waals surface area (Å²) in [5, 5.41) is 6.28. The summed E-state index contributed by atoms with van der Waals surface area (Å²) in [5.74, 6) is 0.727. The second-order valence-corrected chi connectivity index (χ2v) is 11.8. The van der Waals surface area contributed by atoms with Crippen LogP contribution >= 0.6 is 0 Å². The van der Waals surface area contributed by atoms with Gasteiger partial charge in [0.2, 0.25) is 0 Å². The van der Waals surface area contributed by atoms with E-state index in [1.807, 2.05) is 18.2 Å². The van der Waals surface area contributed by atoms with Crippen molar-refractivity contribution in [3.05, 3.63) is 152 Å². The largest absolute Gasteiger partial charge is 0.309 e. The van der Waals surface area contributed by atoms with Crippen LogP contribution in [0.15, 0.2) is 152 Å². The highest BCUT2D eigenvalue weighted by Gasteiger charge is 2.24. The van der Waals surface area contributed by atoms with Crippen molar-refractivity contribution in [1.29, 1.82) is 0 Å². The molecule has 0 fully saturated rings.